The van der Waals surface area contributed by atoms with Crippen molar-refractivity contribution in [2.75, 3.05) is 24.2 Å². The third kappa shape index (κ3) is 54.6. The van der Waals surface area contributed by atoms with Gasteiger partial charge in [0.1, 0.15) is 11.3 Å². The second-order valence-electron chi connectivity index (χ2n) is 33.0. The maximum Gasteiger partial charge on any atom is 0.133 e. The molecule has 1 aliphatic carbocycles. The van der Waals surface area contributed by atoms with E-state index in [1.807, 2.05) is 115 Å². The van der Waals surface area contributed by atoms with Crippen LogP contribution in [0.2, 0.25) is 0 Å². The van der Waals surface area contributed by atoms with Gasteiger partial charge in [-0.15, -0.1) is 23.1 Å². The molecule has 4 aromatic heterocycles. The van der Waals surface area contributed by atoms with Gasteiger partial charge < -0.3 is 14.5 Å². The van der Waals surface area contributed by atoms with Crippen molar-refractivity contribution in [1.29, 1.82) is 0 Å². The van der Waals surface area contributed by atoms with Crippen LogP contribution in [0, 0.1) is 47.3 Å². The largest absolute Gasteiger partial charge is 0.493 e. The smallest absolute Gasteiger partial charge is 0.133 e. The van der Waals surface area contributed by atoms with Gasteiger partial charge >= 0.3 is 0 Å². The monoisotopic (exact) mass is 1520 g/mol. The van der Waals surface area contributed by atoms with E-state index in [0.717, 1.165) is 89.2 Å². The van der Waals surface area contributed by atoms with Crippen molar-refractivity contribution in [2.45, 2.75) is 235 Å². The predicted octanol–water partition coefficient (Wildman–Crippen LogP) is 32.4. The van der Waals surface area contributed by atoms with Gasteiger partial charge in [-0.2, -0.15) is 0 Å². The van der Waals surface area contributed by atoms with Gasteiger partial charge in [0, 0.05) is 51.2 Å². The van der Waals surface area contributed by atoms with Gasteiger partial charge in [0.05, 0.1) is 18.4 Å². The van der Waals surface area contributed by atoms with E-state index in [0.29, 0.717) is 0 Å². The Balaban J connectivity index is 0.000000596. The summed E-state index contributed by atoms with van der Waals surface area (Å²) in [6, 6.07) is 77.0. The van der Waals surface area contributed by atoms with E-state index in [1.54, 1.807) is 34.3 Å². The molecule has 5 nitrogen and oxygen atoms in total. The Morgan fingerprint density at radius 1 is 0.336 bits per heavy atom. The lowest BCUT2D eigenvalue weighted by Crippen LogP contribution is -2.10. The summed E-state index contributed by atoms with van der Waals surface area (Å²) in [6.45, 7) is 54.0. The molecule has 600 valence electrons. The van der Waals surface area contributed by atoms with E-state index >= 15 is 0 Å². The van der Waals surface area contributed by atoms with Gasteiger partial charge in [-0.25, -0.2) is 0 Å². The molecule has 0 unspecified atom stereocenters. The number of fused-ring (bicyclic) bond motifs is 8. The van der Waals surface area contributed by atoms with Crippen molar-refractivity contribution in [1.82, 2.24) is 9.97 Å². The van der Waals surface area contributed by atoms with Crippen LogP contribution in [0.3, 0.4) is 0 Å². The van der Waals surface area contributed by atoms with Gasteiger partial charge in [-0.3, -0.25) is 9.97 Å². The predicted molar refractivity (Wildman–Crippen MR) is 498 cm³/mol. The fourth-order valence-electron chi connectivity index (χ4n) is 9.54. The third-order valence-corrected chi connectivity index (χ3v) is 15.7. The van der Waals surface area contributed by atoms with Crippen LogP contribution >= 0.6 is 23.1 Å². The molecule has 4 aliphatic rings. The molecule has 110 heavy (non-hydrogen) atoms. The fraction of sp³-hybridized carbons (Fsp3) is 0.437. The lowest BCUT2D eigenvalue weighted by molar-refractivity contribution is 0.288. The number of hydrogen-bond donors (Lipinski definition) is 1. The van der Waals surface area contributed by atoms with E-state index in [4.69, 9.17) is 9.15 Å². The molecule has 3 aliphatic heterocycles. The SMILES string of the molecule is CC(C)C.CC(C)C.CC(C)C.CC(C)C.CC(C)C.CC(C)C.CC(C)C.CC(C)C.c1ccc2c(c1)CCCC2.c1ccc2c(c1)CCCN2.c1ccc2c(c1)CCCO2.c1ccc2c(c1)CCCS2.c1ccc2cnccc2c1.c1ccc2ncccc2c1.c1ccc2occc2c1.c1ccc2sccc2c1. The zero-order chi connectivity index (χ0) is 81.7. The Morgan fingerprint density at radius 3 is 1.31 bits per heavy atom. The Morgan fingerprint density at radius 2 is 0.773 bits per heavy atom. The molecule has 0 fully saturated rings. The molecule has 7 heteroatoms. The first-order valence-electron chi connectivity index (χ1n) is 41.3. The number of nitrogens with zero attached hydrogens (tertiary/aromatic N) is 2. The second-order valence-corrected chi connectivity index (χ2v) is 35.1. The molecule has 0 atom stereocenters. The van der Waals surface area contributed by atoms with Gasteiger partial charge in [0.2, 0.25) is 0 Å². The number of thiophene rings is 1. The zero-order valence-electron chi connectivity index (χ0n) is 73.1. The van der Waals surface area contributed by atoms with Crippen molar-refractivity contribution in [3.05, 3.63) is 283 Å². The van der Waals surface area contributed by atoms with E-state index in [1.165, 1.54) is 111 Å². The van der Waals surface area contributed by atoms with E-state index in [2.05, 4.69) is 326 Å². The maximum atomic E-state index is 5.42. The summed E-state index contributed by atoms with van der Waals surface area (Å²) in [6.07, 6.45) is 20.0. The van der Waals surface area contributed by atoms with Crippen molar-refractivity contribution in [3.8, 4) is 5.75 Å². The number of benzene rings is 8. The normalized spacial score (nSPS) is 11.9. The quantitative estimate of drug-likeness (QED) is 0.163. The Kier molecular flexibility index (Phi) is 57.9. The number of nitrogens with one attached hydrogen (secondary N) is 1. The summed E-state index contributed by atoms with van der Waals surface area (Å²) in [5.41, 5.74) is 10.9. The number of anilines is 1. The number of hydrogen-bond acceptors (Lipinski definition) is 7. The third-order valence-electron chi connectivity index (χ3n) is 13.6. The summed E-state index contributed by atoms with van der Waals surface area (Å²) in [5.74, 6) is 9.05. The van der Waals surface area contributed by atoms with Crippen molar-refractivity contribution < 1.29 is 9.15 Å². The second kappa shape index (κ2) is 63.6. The minimum atomic E-state index is 0.833. The average molecular weight is 1530 g/mol. The van der Waals surface area contributed by atoms with E-state index in [-0.39, 0.29) is 0 Å². The van der Waals surface area contributed by atoms with Crippen LogP contribution in [0.4, 0.5) is 5.69 Å². The number of rotatable bonds is 0. The molecule has 7 heterocycles. The number of aromatic nitrogens is 2. The highest BCUT2D eigenvalue weighted by molar-refractivity contribution is 7.99. The molecule has 0 radical (unpaired) electrons. The first-order chi connectivity index (χ1) is 52.6. The highest BCUT2D eigenvalue weighted by Crippen LogP contribution is 2.29. The highest BCUT2D eigenvalue weighted by atomic mass is 32.2. The molecule has 0 saturated carbocycles. The summed E-state index contributed by atoms with van der Waals surface area (Å²) >= 11 is 3.78. The maximum absolute atomic E-state index is 5.42. The average Bonchev–Trinajstić information content (AvgIpc) is 1.83. The number of pyridine rings is 2. The number of furan rings is 1. The molecule has 0 saturated heterocycles. The molecule has 16 rings (SSSR count). The summed E-state index contributed by atoms with van der Waals surface area (Å²) in [7, 11) is 0. The topological polar surface area (TPSA) is 60.2 Å². The number of ether oxygens (including phenoxy) is 1. The van der Waals surface area contributed by atoms with Crippen LogP contribution in [0.5, 0.6) is 5.75 Å². The van der Waals surface area contributed by atoms with Gasteiger partial charge in [0.25, 0.3) is 0 Å². The highest BCUT2D eigenvalue weighted by Gasteiger charge is 2.09. The number of para-hydroxylation sites is 4. The molecular weight excluding hydrogens is 1380 g/mol. The summed E-state index contributed by atoms with van der Waals surface area (Å²) in [5, 5.41) is 11.6. The first kappa shape index (κ1) is 100. The van der Waals surface area contributed by atoms with E-state index in [9.17, 15) is 0 Å². The van der Waals surface area contributed by atoms with Gasteiger partial charge in [-0.1, -0.05) is 330 Å². The van der Waals surface area contributed by atoms with Gasteiger partial charge in [-0.05, 0) is 227 Å². The molecule has 12 aromatic rings. The van der Waals surface area contributed by atoms with Crippen LogP contribution in [0.15, 0.2) is 264 Å². The molecule has 0 bridgehead atoms. The molecule has 0 spiro atoms. The lowest BCUT2D eigenvalue weighted by Gasteiger charge is -2.16. The van der Waals surface area contributed by atoms with Crippen molar-refractivity contribution >= 4 is 71.5 Å². The zero-order valence-corrected chi connectivity index (χ0v) is 74.7. The number of thioether (sulfide) groups is 1. The molecule has 0 amide bonds. The molecular formula is C103H149N3O2S2. The van der Waals surface area contributed by atoms with Crippen LogP contribution in [0.1, 0.15) is 226 Å². The van der Waals surface area contributed by atoms with Crippen LogP contribution < -0.4 is 10.1 Å². The van der Waals surface area contributed by atoms with Crippen molar-refractivity contribution in [3.63, 3.8) is 0 Å². The minimum absolute atomic E-state index is 0.833. The first-order valence-corrected chi connectivity index (χ1v) is 43.2. The standard InChI is InChI=1S/C10H12.C9H11N.2C9H7N.C9H10O.C9H10S.C8H6O.C8H6S.8C4H10/c1-2-6-10-8-4-3-7-9(10)5-1;2*1-2-6-9-8(4-1)5-3-7-10-9;1-2-4-9-7-10-6-5-8(9)3-1;2*1-2-6-9-8(4-1)5-3-7-10-9;2*1-2-4-8-7(3-1)5-6-9-8;8*1-4(2)3/h1-2,5-6H,3-4,7-8H2;1-2,4,6,10H,3,5,7H2;2*1-7H;2*1-2,4,6H,3,5,7H2;2*1-6H;8*4H,1-3H3. The molecule has 1 N–H and O–H groups in total. The Hall–Kier alpha value is -7.97. The van der Waals surface area contributed by atoms with Crippen molar-refractivity contribution in [2.24, 2.45) is 47.3 Å². The fourth-order valence-corrected chi connectivity index (χ4v) is 11.4. The lowest BCUT2D eigenvalue weighted by atomic mass is 9.92. The Bertz CT molecular complexity index is 3370. The Labute approximate surface area is 681 Å². The van der Waals surface area contributed by atoms with Crippen LogP contribution in [0.25, 0.3) is 42.7 Å². The minimum Gasteiger partial charge on any atom is -0.493 e. The van der Waals surface area contributed by atoms with Crippen LogP contribution in [-0.4, -0.2) is 28.9 Å². The van der Waals surface area contributed by atoms with Crippen LogP contribution in [-0.2, 0) is 32.1 Å². The summed E-state index contributed by atoms with van der Waals surface area (Å²) < 4.78 is 11.9. The number of aryl methyl sites for hydroxylation is 5. The molecule has 8 aromatic carbocycles. The van der Waals surface area contributed by atoms with E-state index < -0.39 is 0 Å². The van der Waals surface area contributed by atoms with Gasteiger partial charge in [0.15, 0.2) is 0 Å². The summed E-state index contributed by atoms with van der Waals surface area (Å²) in [4.78, 5) is 9.69.